The van der Waals surface area contributed by atoms with E-state index in [4.69, 9.17) is 4.74 Å². The van der Waals surface area contributed by atoms with Crippen molar-refractivity contribution in [1.29, 1.82) is 0 Å². The van der Waals surface area contributed by atoms with Crippen molar-refractivity contribution in [2.45, 2.75) is 32.7 Å². The Bertz CT molecular complexity index is 229. The number of ether oxygens (including phenoxy) is 1. The van der Waals surface area contributed by atoms with Crippen LogP contribution >= 0.6 is 0 Å². The third-order valence-electron chi connectivity index (χ3n) is 3.78. The lowest BCUT2D eigenvalue weighted by atomic mass is 9.90. The summed E-state index contributed by atoms with van der Waals surface area (Å²) in [5.74, 6) is 1.95. The van der Waals surface area contributed by atoms with Crippen molar-refractivity contribution in [2.75, 3.05) is 13.2 Å². The molecule has 0 spiro atoms. The van der Waals surface area contributed by atoms with Gasteiger partial charge in [0.05, 0.1) is 6.61 Å². The molecule has 1 saturated heterocycles. The quantitative estimate of drug-likeness (QED) is 0.676. The predicted molar refractivity (Wildman–Crippen MR) is 53.8 cm³/mol. The van der Waals surface area contributed by atoms with Gasteiger partial charge < -0.3 is 10.1 Å². The van der Waals surface area contributed by atoms with Crippen LogP contribution in [0.5, 0.6) is 0 Å². The van der Waals surface area contributed by atoms with Gasteiger partial charge in [0.2, 0.25) is 0 Å². The van der Waals surface area contributed by atoms with Gasteiger partial charge in [0.1, 0.15) is 6.04 Å². The van der Waals surface area contributed by atoms with Gasteiger partial charge in [-0.15, -0.1) is 0 Å². The first-order chi connectivity index (χ1) is 6.74. The Morgan fingerprint density at radius 2 is 2.21 bits per heavy atom. The van der Waals surface area contributed by atoms with E-state index in [-0.39, 0.29) is 12.0 Å². The number of nitrogens with one attached hydrogen (secondary N) is 1. The molecular formula is C11H19NO2. The van der Waals surface area contributed by atoms with E-state index in [1.807, 2.05) is 6.92 Å². The summed E-state index contributed by atoms with van der Waals surface area (Å²) in [5, 5.41) is 3.30. The van der Waals surface area contributed by atoms with Crippen LogP contribution in [0, 0.1) is 17.8 Å². The maximum absolute atomic E-state index is 11.6. The third-order valence-corrected chi connectivity index (χ3v) is 3.78. The number of fused-ring (bicyclic) bond motifs is 1. The van der Waals surface area contributed by atoms with E-state index in [0.717, 1.165) is 12.5 Å². The van der Waals surface area contributed by atoms with Gasteiger partial charge in [-0.25, -0.2) is 0 Å². The molecule has 2 rings (SSSR count). The van der Waals surface area contributed by atoms with Crippen LogP contribution in [0.3, 0.4) is 0 Å². The molecule has 1 N–H and O–H groups in total. The number of carbonyl (C=O) groups excluding carboxylic acids is 1. The van der Waals surface area contributed by atoms with Gasteiger partial charge >= 0.3 is 5.97 Å². The Morgan fingerprint density at radius 1 is 1.43 bits per heavy atom. The smallest absolute Gasteiger partial charge is 0.323 e. The van der Waals surface area contributed by atoms with E-state index in [0.29, 0.717) is 18.4 Å². The summed E-state index contributed by atoms with van der Waals surface area (Å²) in [4.78, 5) is 11.6. The van der Waals surface area contributed by atoms with Gasteiger partial charge in [0.15, 0.2) is 0 Å². The number of esters is 1. The topological polar surface area (TPSA) is 38.3 Å². The van der Waals surface area contributed by atoms with E-state index in [2.05, 4.69) is 12.2 Å². The van der Waals surface area contributed by atoms with Gasteiger partial charge in [-0.2, -0.15) is 0 Å². The molecule has 1 saturated carbocycles. The number of rotatable bonds is 2. The first-order valence-electron chi connectivity index (χ1n) is 5.64. The lowest BCUT2D eigenvalue weighted by Crippen LogP contribution is -2.37. The molecule has 14 heavy (non-hydrogen) atoms. The van der Waals surface area contributed by atoms with Crippen molar-refractivity contribution < 1.29 is 9.53 Å². The zero-order valence-electron chi connectivity index (χ0n) is 8.95. The summed E-state index contributed by atoms with van der Waals surface area (Å²) in [5.41, 5.74) is 0. The molecule has 1 heterocycles. The zero-order chi connectivity index (χ0) is 10.1. The molecule has 2 aliphatic rings. The minimum Gasteiger partial charge on any atom is -0.465 e. The lowest BCUT2D eigenvalue weighted by Gasteiger charge is -2.16. The zero-order valence-corrected chi connectivity index (χ0v) is 8.95. The van der Waals surface area contributed by atoms with Crippen LogP contribution in [0.25, 0.3) is 0 Å². The van der Waals surface area contributed by atoms with Gasteiger partial charge in [-0.05, 0) is 37.6 Å². The summed E-state index contributed by atoms with van der Waals surface area (Å²) < 4.78 is 5.07. The van der Waals surface area contributed by atoms with Crippen LogP contribution in [0.15, 0.2) is 0 Å². The highest BCUT2D eigenvalue weighted by molar-refractivity contribution is 5.76. The van der Waals surface area contributed by atoms with Crippen molar-refractivity contribution in [1.82, 2.24) is 5.32 Å². The molecule has 80 valence electrons. The van der Waals surface area contributed by atoms with E-state index >= 15 is 0 Å². The number of hydrogen-bond acceptors (Lipinski definition) is 3. The van der Waals surface area contributed by atoms with Gasteiger partial charge in [0.25, 0.3) is 0 Å². The fourth-order valence-corrected chi connectivity index (χ4v) is 2.98. The Balaban J connectivity index is 1.99. The first kappa shape index (κ1) is 9.97. The van der Waals surface area contributed by atoms with E-state index in [1.165, 1.54) is 12.8 Å². The molecule has 3 heteroatoms. The van der Waals surface area contributed by atoms with Gasteiger partial charge in [0, 0.05) is 0 Å². The minimum atomic E-state index is -0.0471. The van der Waals surface area contributed by atoms with Crippen molar-refractivity contribution >= 4 is 5.97 Å². The fraction of sp³-hybridized carbons (Fsp3) is 0.909. The second-order valence-corrected chi connectivity index (χ2v) is 4.52. The van der Waals surface area contributed by atoms with Crippen LogP contribution in [0.1, 0.15) is 26.7 Å². The van der Waals surface area contributed by atoms with Crippen LogP contribution < -0.4 is 5.32 Å². The van der Waals surface area contributed by atoms with E-state index in [9.17, 15) is 4.79 Å². The lowest BCUT2D eigenvalue weighted by molar-refractivity contribution is -0.146. The van der Waals surface area contributed by atoms with Crippen LogP contribution in [-0.4, -0.2) is 25.2 Å². The van der Waals surface area contributed by atoms with Crippen molar-refractivity contribution in [3.63, 3.8) is 0 Å². The standard InChI is InChI=1S/C11H19NO2/c1-3-14-11(13)10-8-5-4-7(2)9(8)6-12-10/h7-10,12H,3-6H2,1-2H3/t7-,8-,9+,10?/m0/s1. The third kappa shape index (κ3) is 1.54. The van der Waals surface area contributed by atoms with Crippen molar-refractivity contribution in [3.05, 3.63) is 0 Å². The van der Waals surface area contributed by atoms with Crippen LogP contribution in [0.4, 0.5) is 0 Å². The average Bonchev–Trinajstić information content (AvgIpc) is 2.69. The largest absolute Gasteiger partial charge is 0.465 e. The maximum atomic E-state index is 11.6. The molecule has 2 fully saturated rings. The second-order valence-electron chi connectivity index (χ2n) is 4.52. The molecule has 0 radical (unpaired) electrons. The molecular weight excluding hydrogens is 178 g/mol. The fourth-order valence-electron chi connectivity index (χ4n) is 2.98. The number of hydrogen-bond donors (Lipinski definition) is 1. The number of carbonyl (C=O) groups is 1. The van der Waals surface area contributed by atoms with Crippen molar-refractivity contribution in [3.8, 4) is 0 Å². The summed E-state index contributed by atoms with van der Waals surface area (Å²) in [7, 11) is 0. The SMILES string of the molecule is CCOC(=O)C1NC[C@H]2[C@@H]1CC[C@@H]2C. The summed E-state index contributed by atoms with van der Waals surface area (Å²) in [6, 6.07) is -0.0232. The average molecular weight is 197 g/mol. The van der Waals surface area contributed by atoms with Crippen LogP contribution in [0.2, 0.25) is 0 Å². The molecule has 0 aromatic heterocycles. The molecule has 1 unspecified atom stereocenters. The molecule has 3 nitrogen and oxygen atoms in total. The maximum Gasteiger partial charge on any atom is 0.323 e. The minimum absolute atomic E-state index is 0.0232. The summed E-state index contributed by atoms with van der Waals surface area (Å²) >= 11 is 0. The Labute approximate surface area is 85.2 Å². The molecule has 1 aliphatic carbocycles. The van der Waals surface area contributed by atoms with E-state index < -0.39 is 0 Å². The Kier molecular flexibility index (Phi) is 2.77. The highest BCUT2D eigenvalue weighted by Gasteiger charge is 2.46. The molecule has 0 amide bonds. The Hall–Kier alpha value is -0.570. The highest BCUT2D eigenvalue weighted by atomic mass is 16.5. The Morgan fingerprint density at radius 3 is 2.93 bits per heavy atom. The van der Waals surface area contributed by atoms with E-state index in [1.54, 1.807) is 0 Å². The molecule has 0 aromatic carbocycles. The van der Waals surface area contributed by atoms with Crippen LogP contribution in [-0.2, 0) is 9.53 Å². The summed E-state index contributed by atoms with van der Waals surface area (Å²) in [6.07, 6.45) is 2.45. The van der Waals surface area contributed by atoms with Crippen molar-refractivity contribution in [2.24, 2.45) is 17.8 Å². The molecule has 4 atom stereocenters. The van der Waals surface area contributed by atoms with Gasteiger partial charge in [-0.3, -0.25) is 4.79 Å². The molecule has 0 bridgehead atoms. The second kappa shape index (κ2) is 3.89. The predicted octanol–water partition coefficient (Wildman–Crippen LogP) is 1.18. The monoisotopic (exact) mass is 197 g/mol. The van der Waals surface area contributed by atoms with Gasteiger partial charge in [-0.1, -0.05) is 13.3 Å². The molecule has 1 aliphatic heterocycles. The normalized spacial score (nSPS) is 41.0. The highest BCUT2D eigenvalue weighted by Crippen LogP contribution is 2.41. The molecule has 0 aromatic rings. The summed E-state index contributed by atoms with van der Waals surface area (Å²) in [6.45, 7) is 5.64. The first-order valence-corrected chi connectivity index (χ1v) is 5.64.